The van der Waals surface area contributed by atoms with Crippen molar-refractivity contribution in [3.63, 3.8) is 0 Å². The highest BCUT2D eigenvalue weighted by atomic mass is 35.5. The van der Waals surface area contributed by atoms with Crippen LogP contribution in [-0.2, 0) is 16.0 Å². The number of nitrogens with zero attached hydrogens (tertiary/aromatic N) is 3. The lowest BCUT2D eigenvalue weighted by Gasteiger charge is -2.40. The number of primary amides is 1. The van der Waals surface area contributed by atoms with Crippen molar-refractivity contribution in [1.82, 2.24) is 4.90 Å². The van der Waals surface area contributed by atoms with E-state index in [-0.39, 0.29) is 47.7 Å². The Bertz CT molecular complexity index is 1260. The van der Waals surface area contributed by atoms with Crippen LogP contribution in [0.25, 0.3) is 0 Å². The van der Waals surface area contributed by atoms with E-state index >= 15 is 0 Å². The van der Waals surface area contributed by atoms with Gasteiger partial charge >= 0.3 is 6.09 Å². The maximum atomic E-state index is 13.3. The fourth-order valence-electron chi connectivity index (χ4n) is 4.53. The lowest BCUT2D eigenvalue weighted by atomic mass is 9.75. The molecule has 3 N–H and O–H groups in total. The molecule has 2 aromatic rings. The minimum absolute atomic E-state index is 0.0460. The average Bonchev–Trinajstić information content (AvgIpc) is 2.88. The number of ether oxygens (including phenoxy) is 2. The quantitative estimate of drug-likeness (QED) is 0.583. The van der Waals surface area contributed by atoms with E-state index in [1.54, 1.807) is 17.0 Å². The molecule has 12 heteroatoms. The van der Waals surface area contributed by atoms with Crippen LogP contribution in [0.5, 0.6) is 11.5 Å². The zero-order valence-electron chi connectivity index (χ0n) is 19.7. The molecule has 10 nitrogen and oxygen atoms in total. The topological polar surface area (TPSA) is 146 Å². The molecule has 194 valence electrons. The lowest BCUT2D eigenvalue weighted by Crippen LogP contribution is -2.54. The van der Waals surface area contributed by atoms with Crippen molar-refractivity contribution in [3.05, 3.63) is 52.8 Å². The second kappa shape index (κ2) is 10.5. The maximum absolute atomic E-state index is 13.3. The predicted molar refractivity (Wildman–Crippen MR) is 130 cm³/mol. The van der Waals surface area contributed by atoms with E-state index in [1.165, 1.54) is 24.3 Å². The third-order valence-electron chi connectivity index (χ3n) is 6.52. The van der Waals surface area contributed by atoms with Crippen LogP contribution < -0.4 is 20.1 Å². The number of anilines is 1. The molecule has 2 aliphatic heterocycles. The minimum Gasteiger partial charge on any atom is -0.482 e. The molecule has 0 aromatic heterocycles. The van der Waals surface area contributed by atoms with Crippen LogP contribution >= 0.6 is 11.6 Å². The van der Waals surface area contributed by atoms with Crippen molar-refractivity contribution in [2.75, 3.05) is 31.1 Å². The molecule has 0 bridgehead atoms. The number of nitriles is 1. The Morgan fingerprint density at radius 3 is 2.51 bits per heavy atom. The van der Waals surface area contributed by atoms with Crippen molar-refractivity contribution in [2.45, 2.75) is 25.4 Å². The van der Waals surface area contributed by atoms with Crippen LogP contribution in [0.1, 0.15) is 18.4 Å². The largest absolute Gasteiger partial charge is 0.482 e. The number of nitrogens with two attached hydrogens (primary N) is 1. The molecule has 1 atom stereocenters. The normalized spacial score (nSPS) is 18.2. The Labute approximate surface area is 216 Å². The van der Waals surface area contributed by atoms with Crippen LogP contribution in [0.4, 0.5) is 14.9 Å². The number of hydrogen-bond donors (Lipinski definition) is 2. The van der Waals surface area contributed by atoms with Crippen LogP contribution in [0, 0.1) is 22.6 Å². The fraction of sp³-hybridized carbons (Fsp3) is 0.360. The molecule has 1 fully saturated rings. The van der Waals surface area contributed by atoms with Crippen molar-refractivity contribution < 1.29 is 33.4 Å². The highest BCUT2D eigenvalue weighted by Crippen LogP contribution is 2.42. The highest BCUT2D eigenvalue weighted by Gasteiger charge is 2.41. The molecule has 0 saturated carbocycles. The Morgan fingerprint density at radius 2 is 1.92 bits per heavy atom. The number of benzene rings is 2. The zero-order chi connectivity index (χ0) is 26.7. The summed E-state index contributed by atoms with van der Waals surface area (Å²) < 4.78 is 24.4. The number of halogens is 2. The molecule has 2 aliphatic rings. The van der Waals surface area contributed by atoms with Gasteiger partial charge in [-0.15, -0.1) is 0 Å². The van der Waals surface area contributed by atoms with Crippen LogP contribution in [0.2, 0.25) is 5.02 Å². The molecule has 1 saturated heterocycles. The van der Waals surface area contributed by atoms with Gasteiger partial charge in [0.05, 0.1) is 28.7 Å². The predicted octanol–water partition coefficient (Wildman–Crippen LogP) is 2.96. The maximum Gasteiger partial charge on any atom is 0.412 e. The van der Waals surface area contributed by atoms with Crippen LogP contribution in [0.3, 0.4) is 0 Å². The molecule has 37 heavy (non-hydrogen) atoms. The monoisotopic (exact) mass is 530 g/mol. The van der Waals surface area contributed by atoms with Crippen LogP contribution in [-0.4, -0.2) is 60.3 Å². The summed E-state index contributed by atoms with van der Waals surface area (Å²) in [6.45, 7) is -0.147. The van der Waals surface area contributed by atoms with E-state index < -0.39 is 36.0 Å². The molecular formula is C25H24ClFN4O6. The molecule has 0 aliphatic carbocycles. The first-order valence-electron chi connectivity index (χ1n) is 11.5. The van der Waals surface area contributed by atoms with Gasteiger partial charge in [-0.3, -0.25) is 14.5 Å². The average molecular weight is 531 g/mol. The molecule has 3 amide bonds. The Balaban J connectivity index is 1.48. The van der Waals surface area contributed by atoms with Gasteiger partial charge in [-0.1, -0.05) is 23.7 Å². The molecule has 2 aromatic carbocycles. The van der Waals surface area contributed by atoms with Gasteiger partial charge in [0.25, 0.3) is 11.8 Å². The number of carbonyl (C=O) groups is 3. The first-order valence-corrected chi connectivity index (χ1v) is 11.8. The van der Waals surface area contributed by atoms with Gasteiger partial charge in [-0.05, 0) is 43.0 Å². The molecular weight excluding hydrogens is 507 g/mol. The van der Waals surface area contributed by atoms with Crippen molar-refractivity contribution >= 4 is 35.2 Å². The number of carbonyl (C=O) groups excluding carboxylic acids is 2. The summed E-state index contributed by atoms with van der Waals surface area (Å²) in [6.07, 6.45) is -1.20. The summed E-state index contributed by atoms with van der Waals surface area (Å²) in [6, 6.07) is 11.0. The number of rotatable bonds is 6. The molecule has 4 rings (SSSR count). The third-order valence-corrected chi connectivity index (χ3v) is 6.82. The van der Waals surface area contributed by atoms with E-state index in [2.05, 4.69) is 6.07 Å². The van der Waals surface area contributed by atoms with E-state index in [4.69, 9.17) is 26.8 Å². The summed E-state index contributed by atoms with van der Waals surface area (Å²) in [5.41, 5.74) is 5.37. The summed E-state index contributed by atoms with van der Waals surface area (Å²) >= 11 is 6.17. The van der Waals surface area contributed by atoms with Gasteiger partial charge in [0.2, 0.25) is 0 Å². The fourth-order valence-corrected chi connectivity index (χ4v) is 4.75. The number of fused-ring (bicyclic) bond motifs is 1. The molecule has 0 radical (unpaired) electrons. The summed E-state index contributed by atoms with van der Waals surface area (Å²) in [4.78, 5) is 38.9. The Hall–Kier alpha value is -4.04. The third kappa shape index (κ3) is 5.70. The van der Waals surface area contributed by atoms with Gasteiger partial charge in [0.1, 0.15) is 17.3 Å². The Morgan fingerprint density at radius 1 is 1.24 bits per heavy atom. The zero-order valence-corrected chi connectivity index (χ0v) is 20.4. The molecule has 0 spiro atoms. The minimum atomic E-state index is -1.30. The van der Waals surface area contributed by atoms with E-state index in [0.717, 1.165) is 10.5 Å². The van der Waals surface area contributed by atoms with Gasteiger partial charge in [-0.2, -0.15) is 5.26 Å². The second-order valence-electron chi connectivity index (χ2n) is 9.03. The SMILES string of the molecule is N#CC1(Cc2ccc(F)cc2)CCN(C(=O)C2CN(C(=O)O)c3cc(Cl)c(OCC(N)=O)cc3O2)CC1. The first-order chi connectivity index (χ1) is 17.6. The number of carboxylic acid groups (broad SMARTS) is 1. The number of hydrogen-bond acceptors (Lipinski definition) is 6. The second-order valence-corrected chi connectivity index (χ2v) is 9.43. The number of likely N-dealkylation sites (tertiary alicyclic amines) is 1. The summed E-state index contributed by atoms with van der Waals surface area (Å²) in [5.74, 6) is -1.40. The van der Waals surface area contributed by atoms with Gasteiger partial charge < -0.3 is 25.2 Å². The standard InChI is InChI=1S/C25H24ClFN4O6/c26-17-9-18-20(10-19(17)36-13-22(29)32)37-21(12-31(18)24(34)35)23(33)30-7-5-25(14-28,6-8-30)11-15-1-3-16(27)4-2-15/h1-4,9-10,21H,5-8,11-13H2,(H2,29,32)(H,34,35). The van der Waals surface area contributed by atoms with Gasteiger partial charge in [0, 0.05) is 19.2 Å². The van der Waals surface area contributed by atoms with E-state index in [0.29, 0.717) is 19.3 Å². The van der Waals surface area contributed by atoms with Gasteiger partial charge in [0.15, 0.2) is 12.7 Å². The van der Waals surface area contributed by atoms with Gasteiger partial charge in [-0.25, -0.2) is 9.18 Å². The van der Waals surface area contributed by atoms with Crippen molar-refractivity contribution in [2.24, 2.45) is 11.1 Å². The molecule has 2 heterocycles. The summed E-state index contributed by atoms with van der Waals surface area (Å²) in [7, 11) is 0. The number of piperidine rings is 1. The van der Waals surface area contributed by atoms with E-state index in [9.17, 15) is 29.1 Å². The smallest absolute Gasteiger partial charge is 0.412 e. The van der Waals surface area contributed by atoms with Crippen molar-refractivity contribution in [1.29, 1.82) is 5.26 Å². The highest BCUT2D eigenvalue weighted by molar-refractivity contribution is 6.32. The Kier molecular flexibility index (Phi) is 7.40. The number of amides is 3. The molecule has 1 unspecified atom stereocenters. The summed E-state index contributed by atoms with van der Waals surface area (Å²) in [5, 5.41) is 19.7. The van der Waals surface area contributed by atoms with Crippen LogP contribution in [0.15, 0.2) is 36.4 Å². The van der Waals surface area contributed by atoms with Crippen molar-refractivity contribution in [3.8, 4) is 17.6 Å². The van der Waals surface area contributed by atoms with E-state index in [1.807, 2.05) is 0 Å². The first kappa shape index (κ1) is 26.0. The lowest BCUT2D eigenvalue weighted by molar-refractivity contribution is -0.140.